The van der Waals surface area contributed by atoms with Crippen LogP contribution in [-0.2, 0) is 13.5 Å². The summed E-state index contributed by atoms with van der Waals surface area (Å²) in [6, 6.07) is 4.21. The van der Waals surface area contributed by atoms with Crippen LogP contribution in [0, 0.1) is 0 Å². The second kappa shape index (κ2) is 3.83. The van der Waals surface area contributed by atoms with Crippen molar-refractivity contribution in [3.63, 3.8) is 0 Å². The van der Waals surface area contributed by atoms with Gasteiger partial charge < -0.3 is 5.73 Å². The SMILES string of the molecule is CC(N)Cc1cc(Cl)c2c(cnn2C)c1. The highest BCUT2D eigenvalue weighted by atomic mass is 35.5. The van der Waals surface area contributed by atoms with E-state index in [1.165, 1.54) is 0 Å². The first-order valence-corrected chi connectivity index (χ1v) is 5.31. The molecule has 1 aromatic carbocycles. The number of hydrogen-bond donors (Lipinski definition) is 1. The van der Waals surface area contributed by atoms with Crippen LogP contribution in [0.25, 0.3) is 10.9 Å². The third kappa shape index (κ3) is 1.98. The molecule has 0 saturated carbocycles. The van der Waals surface area contributed by atoms with E-state index in [4.69, 9.17) is 17.3 Å². The Kier molecular flexibility index (Phi) is 2.67. The monoisotopic (exact) mass is 223 g/mol. The van der Waals surface area contributed by atoms with Gasteiger partial charge in [-0.2, -0.15) is 5.10 Å². The Morgan fingerprint density at radius 3 is 2.93 bits per heavy atom. The maximum absolute atomic E-state index is 6.19. The van der Waals surface area contributed by atoms with E-state index in [9.17, 15) is 0 Å². The molecule has 0 aliphatic carbocycles. The van der Waals surface area contributed by atoms with Crippen molar-refractivity contribution in [2.75, 3.05) is 0 Å². The Balaban J connectivity index is 2.53. The van der Waals surface area contributed by atoms with Crippen LogP contribution in [0.15, 0.2) is 18.3 Å². The molecule has 1 unspecified atom stereocenters. The van der Waals surface area contributed by atoms with Crippen LogP contribution >= 0.6 is 11.6 Å². The maximum Gasteiger partial charge on any atom is 0.0865 e. The van der Waals surface area contributed by atoms with Gasteiger partial charge in [-0.05, 0) is 31.0 Å². The van der Waals surface area contributed by atoms with Gasteiger partial charge in [0.1, 0.15) is 0 Å². The Morgan fingerprint density at radius 2 is 2.27 bits per heavy atom. The third-order valence-corrected chi connectivity index (χ3v) is 2.69. The zero-order valence-corrected chi connectivity index (χ0v) is 9.62. The summed E-state index contributed by atoms with van der Waals surface area (Å²) in [6.07, 6.45) is 2.66. The highest BCUT2D eigenvalue weighted by molar-refractivity contribution is 6.35. The molecule has 0 amide bonds. The fourth-order valence-electron chi connectivity index (χ4n) is 1.81. The topological polar surface area (TPSA) is 43.8 Å². The normalized spacial score (nSPS) is 13.3. The fraction of sp³-hybridized carbons (Fsp3) is 0.364. The molecule has 1 atom stereocenters. The summed E-state index contributed by atoms with van der Waals surface area (Å²) >= 11 is 6.19. The third-order valence-electron chi connectivity index (χ3n) is 2.40. The predicted molar refractivity (Wildman–Crippen MR) is 63.1 cm³/mol. The molecule has 2 aromatic rings. The van der Waals surface area contributed by atoms with Crippen molar-refractivity contribution in [3.05, 3.63) is 28.9 Å². The van der Waals surface area contributed by atoms with Crippen molar-refractivity contribution in [2.45, 2.75) is 19.4 Å². The van der Waals surface area contributed by atoms with Crippen LogP contribution in [0.4, 0.5) is 0 Å². The van der Waals surface area contributed by atoms with Crippen molar-refractivity contribution in [1.82, 2.24) is 9.78 Å². The molecule has 0 fully saturated rings. The summed E-state index contributed by atoms with van der Waals surface area (Å²) in [5, 5.41) is 5.99. The largest absolute Gasteiger partial charge is 0.328 e. The van der Waals surface area contributed by atoms with Gasteiger partial charge in [0, 0.05) is 18.5 Å². The Labute approximate surface area is 93.8 Å². The fourth-order valence-corrected chi connectivity index (χ4v) is 2.19. The van der Waals surface area contributed by atoms with E-state index in [1.54, 1.807) is 4.68 Å². The van der Waals surface area contributed by atoms with Crippen molar-refractivity contribution in [2.24, 2.45) is 12.8 Å². The van der Waals surface area contributed by atoms with Crippen molar-refractivity contribution in [1.29, 1.82) is 0 Å². The van der Waals surface area contributed by atoms with Crippen LogP contribution in [0.2, 0.25) is 5.02 Å². The number of rotatable bonds is 2. The average molecular weight is 224 g/mol. The van der Waals surface area contributed by atoms with E-state index < -0.39 is 0 Å². The van der Waals surface area contributed by atoms with Crippen LogP contribution < -0.4 is 5.73 Å². The minimum absolute atomic E-state index is 0.148. The molecule has 15 heavy (non-hydrogen) atoms. The summed E-state index contributed by atoms with van der Waals surface area (Å²) in [5.74, 6) is 0. The van der Waals surface area contributed by atoms with Gasteiger partial charge in [-0.25, -0.2) is 0 Å². The van der Waals surface area contributed by atoms with Gasteiger partial charge in [-0.15, -0.1) is 0 Å². The molecule has 3 nitrogen and oxygen atoms in total. The molecular weight excluding hydrogens is 210 g/mol. The van der Waals surface area contributed by atoms with Gasteiger partial charge in [0.05, 0.1) is 16.7 Å². The zero-order valence-electron chi connectivity index (χ0n) is 8.87. The Morgan fingerprint density at radius 1 is 1.53 bits per heavy atom. The number of benzene rings is 1. The highest BCUT2D eigenvalue weighted by Gasteiger charge is 2.07. The number of fused-ring (bicyclic) bond motifs is 1. The van der Waals surface area contributed by atoms with Crippen molar-refractivity contribution >= 4 is 22.5 Å². The lowest BCUT2D eigenvalue weighted by molar-refractivity contribution is 0.738. The molecule has 80 valence electrons. The minimum atomic E-state index is 0.148. The van der Waals surface area contributed by atoms with E-state index in [0.717, 1.165) is 27.9 Å². The second-order valence-electron chi connectivity index (χ2n) is 3.97. The van der Waals surface area contributed by atoms with E-state index in [2.05, 4.69) is 11.2 Å². The summed E-state index contributed by atoms with van der Waals surface area (Å²) in [6.45, 7) is 1.99. The van der Waals surface area contributed by atoms with Gasteiger partial charge >= 0.3 is 0 Å². The molecule has 4 heteroatoms. The molecule has 0 spiro atoms. The van der Waals surface area contributed by atoms with Crippen LogP contribution in [0.1, 0.15) is 12.5 Å². The molecule has 1 aromatic heterocycles. The van der Waals surface area contributed by atoms with Gasteiger partial charge in [0.2, 0.25) is 0 Å². The number of hydrogen-bond acceptors (Lipinski definition) is 2. The first-order valence-electron chi connectivity index (χ1n) is 4.93. The number of nitrogens with two attached hydrogens (primary N) is 1. The number of aryl methyl sites for hydroxylation is 1. The molecule has 0 bridgehead atoms. The molecule has 2 rings (SSSR count). The van der Waals surface area contributed by atoms with Gasteiger partial charge in [-0.1, -0.05) is 11.6 Å². The smallest absolute Gasteiger partial charge is 0.0865 e. The van der Waals surface area contributed by atoms with E-state index >= 15 is 0 Å². The van der Waals surface area contributed by atoms with E-state index in [1.807, 2.05) is 26.2 Å². The van der Waals surface area contributed by atoms with Crippen LogP contribution in [0.3, 0.4) is 0 Å². The Bertz CT molecular complexity index is 488. The van der Waals surface area contributed by atoms with Gasteiger partial charge in [0.25, 0.3) is 0 Å². The molecule has 0 radical (unpaired) electrons. The molecule has 0 aliphatic heterocycles. The second-order valence-corrected chi connectivity index (χ2v) is 4.37. The quantitative estimate of drug-likeness (QED) is 0.848. The lowest BCUT2D eigenvalue weighted by atomic mass is 10.1. The number of nitrogens with zero attached hydrogens (tertiary/aromatic N) is 2. The van der Waals surface area contributed by atoms with Crippen LogP contribution in [0.5, 0.6) is 0 Å². The highest BCUT2D eigenvalue weighted by Crippen LogP contribution is 2.25. The van der Waals surface area contributed by atoms with E-state index in [-0.39, 0.29) is 6.04 Å². The lowest BCUT2D eigenvalue weighted by Gasteiger charge is -2.06. The summed E-state index contributed by atoms with van der Waals surface area (Å²) in [5.41, 5.74) is 7.90. The van der Waals surface area contributed by atoms with Crippen LogP contribution in [-0.4, -0.2) is 15.8 Å². The number of halogens is 1. The number of aromatic nitrogens is 2. The lowest BCUT2D eigenvalue weighted by Crippen LogP contribution is -2.17. The first kappa shape index (κ1) is 10.5. The first-order chi connectivity index (χ1) is 7.08. The molecule has 0 aliphatic rings. The predicted octanol–water partition coefficient (Wildman–Crippen LogP) is 2.12. The van der Waals surface area contributed by atoms with E-state index in [0.29, 0.717) is 0 Å². The standard InChI is InChI=1S/C11H14ClN3/c1-7(13)3-8-4-9-6-14-15(2)11(9)10(12)5-8/h4-7H,3,13H2,1-2H3. The van der Waals surface area contributed by atoms with Gasteiger partial charge in [-0.3, -0.25) is 4.68 Å². The summed E-state index contributed by atoms with van der Waals surface area (Å²) in [4.78, 5) is 0. The van der Waals surface area contributed by atoms with Crippen molar-refractivity contribution < 1.29 is 0 Å². The Hall–Kier alpha value is -1.06. The van der Waals surface area contributed by atoms with Crippen molar-refractivity contribution in [3.8, 4) is 0 Å². The molecule has 1 heterocycles. The summed E-state index contributed by atoms with van der Waals surface area (Å²) in [7, 11) is 1.89. The molecular formula is C11H14ClN3. The zero-order chi connectivity index (χ0) is 11.0. The maximum atomic E-state index is 6.19. The average Bonchev–Trinajstić information content (AvgIpc) is 2.46. The van der Waals surface area contributed by atoms with Gasteiger partial charge in [0.15, 0.2) is 0 Å². The minimum Gasteiger partial charge on any atom is -0.328 e. The molecule has 0 saturated heterocycles. The summed E-state index contributed by atoms with van der Waals surface area (Å²) < 4.78 is 1.79. The molecule has 2 N–H and O–H groups in total.